The fourth-order valence-corrected chi connectivity index (χ4v) is 2.25. The summed E-state index contributed by atoms with van der Waals surface area (Å²) in [5.74, 6) is 0. The average Bonchev–Trinajstić information content (AvgIpc) is 2.78. The molecule has 0 radical (unpaired) electrons. The van der Waals surface area contributed by atoms with E-state index >= 15 is 0 Å². The first kappa shape index (κ1) is 17.4. The van der Waals surface area contributed by atoms with Gasteiger partial charge in [0.1, 0.15) is 0 Å². The Bertz CT molecular complexity index is 373. The molecular weight excluding hydrogens is 276 g/mol. The first-order valence-electron chi connectivity index (χ1n) is 7.27. The van der Waals surface area contributed by atoms with Crippen molar-refractivity contribution >= 4 is 11.6 Å². The molecule has 1 aromatic heterocycles. The van der Waals surface area contributed by atoms with E-state index in [0.29, 0.717) is 18.2 Å². The third-order valence-electron chi connectivity index (χ3n) is 3.05. The minimum Gasteiger partial charge on any atom is -0.380 e. The second-order valence-corrected chi connectivity index (χ2v) is 5.48. The summed E-state index contributed by atoms with van der Waals surface area (Å²) in [5.41, 5.74) is 1.02. The van der Waals surface area contributed by atoms with E-state index in [1.165, 1.54) is 0 Å². The second kappa shape index (κ2) is 9.34. The highest BCUT2D eigenvalue weighted by atomic mass is 35.5. The molecule has 1 rings (SSSR count). The van der Waals surface area contributed by atoms with Crippen LogP contribution in [0.1, 0.15) is 32.0 Å². The molecule has 0 saturated heterocycles. The van der Waals surface area contributed by atoms with Crippen molar-refractivity contribution in [2.75, 3.05) is 40.4 Å². The molecular formula is C14H27ClN4O. The van der Waals surface area contributed by atoms with Crippen LogP contribution in [0.15, 0.2) is 6.20 Å². The van der Waals surface area contributed by atoms with Crippen LogP contribution in [0.4, 0.5) is 0 Å². The van der Waals surface area contributed by atoms with Crippen LogP contribution in [0.3, 0.4) is 0 Å². The third-order valence-corrected chi connectivity index (χ3v) is 3.34. The van der Waals surface area contributed by atoms with Gasteiger partial charge in [-0.2, -0.15) is 5.10 Å². The summed E-state index contributed by atoms with van der Waals surface area (Å²) in [4.78, 5) is 2.14. The van der Waals surface area contributed by atoms with E-state index in [2.05, 4.69) is 36.3 Å². The summed E-state index contributed by atoms with van der Waals surface area (Å²) in [5, 5.41) is 8.58. The Morgan fingerprint density at radius 2 is 2.20 bits per heavy atom. The quantitative estimate of drug-likeness (QED) is 0.719. The molecule has 0 amide bonds. The molecule has 0 aromatic carbocycles. The van der Waals surface area contributed by atoms with Gasteiger partial charge >= 0.3 is 0 Å². The largest absolute Gasteiger partial charge is 0.380 e. The van der Waals surface area contributed by atoms with Crippen molar-refractivity contribution in [1.82, 2.24) is 20.0 Å². The topological polar surface area (TPSA) is 42.3 Å². The molecule has 1 atom stereocenters. The molecule has 0 fully saturated rings. The van der Waals surface area contributed by atoms with Gasteiger partial charge in [0.05, 0.1) is 36.1 Å². The summed E-state index contributed by atoms with van der Waals surface area (Å²) in [6, 6.07) is 0.0899. The zero-order valence-corrected chi connectivity index (χ0v) is 13.8. The van der Waals surface area contributed by atoms with Crippen LogP contribution < -0.4 is 5.32 Å². The molecule has 6 heteroatoms. The summed E-state index contributed by atoms with van der Waals surface area (Å²) >= 11 is 6.32. The van der Waals surface area contributed by atoms with Crippen LogP contribution in [-0.4, -0.2) is 55.1 Å². The Balaban J connectivity index is 2.83. The standard InChI is InChI=1S/C14H27ClN4O/c1-5-7-16-13(11-20-6-2)14-12(15)10-17-19(14)9-8-18(3)4/h10,13,16H,5-9,11H2,1-4H3. The van der Waals surface area contributed by atoms with Gasteiger partial charge in [-0.25, -0.2) is 0 Å². The summed E-state index contributed by atoms with van der Waals surface area (Å²) in [6.07, 6.45) is 2.80. The number of rotatable bonds is 10. The molecule has 0 bridgehead atoms. The summed E-state index contributed by atoms with van der Waals surface area (Å²) in [6.45, 7) is 8.16. The van der Waals surface area contributed by atoms with Gasteiger partial charge in [-0.15, -0.1) is 0 Å². The molecule has 0 aliphatic rings. The zero-order chi connectivity index (χ0) is 15.0. The lowest BCUT2D eigenvalue weighted by molar-refractivity contribution is 0.120. The normalized spacial score (nSPS) is 13.1. The Labute approximate surface area is 127 Å². The maximum Gasteiger partial charge on any atom is 0.0835 e. The van der Waals surface area contributed by atoms with Gasteiger partial charge in [0.15, 0.2) is 0 Å². The number of nitrogens with one attached hydrogen (secondary N) is 1. The Hall–Kier alpha value is -0.620. The van der Waals surface area contributed by atoms with Gasteiger partial charge in [-0.3, -0.25) is 4.68 Å². The van der Waals surface area contributed by atoms with E-state index in [4.69, 9.17) is 16.3 Å². The number of halogens is 1. The lowest BCUT2D eigenvalue weighted by atomic mass is 10.2. The predicted octanol–water partition coefficient (Wildman–Crippen LogP) is 2.18. The molecule has 116 valence electrons. The molecule has 0 aliphatic carbocycles. The molecule has 1 heterocycles. The smallest absolute Gasteiger partial charge is 0.0835 e. The molecule has 1 unspecified atom stereocenters. The summed E-state index contributed by atoms with van der Waals surface area (Å²) < 4.78 is 7.56. The molecule has 20 heavy (non-hydrogen) atoms. The predicted molar refractivity (Wildman–Crippen MR) is 83.3 cm³/mol. The van der Waals surface area contributed by atoms with E-state index in [-0.39, 0.29) is 6.04 Å². The van der Waals surface area contributed by atoms with Crippen LogP contribution >= 0.6 is 11.6 Å². The Morgan fingerprint density at radius 3 is 2.80 bits per heavy atom. The van der Waals surface area contributed by atoms with E-state index in [9.17, 15) is 0 Å². The highest BCUT2D eigenvalue weighted by molar-refractivity contribution is 6.31. The van der Waals surface area contributed by atoms with Crippen LogP contribution in [0.2, 0.25) is 5.02 Å². The minimum absolute atomic E-state index is 0.0899. The van der Waals surface area contributed by atoms with Crippen LogP contribution in [-0.2, 0) is 11.3 Å². The van der Waals surface area contributed by atoms with Crippen molar-refractivity contribution in [3.05, 3.63) is 16.9 Å². The van der Waals surface area contributed by atoms with Crippen molar-refractivity contribution in [2.45, 2.75) is 32.9 Å². The number of aromatic nitrogens is 2. The number of hydrogen-bond donors (Lipinski definition) is 1. The second-order valence-electron chi connectivity index (χ2n) is 5.07. The third kappa shape index (κ3) is 5.40. The lowest BCUT2D eigenvalue weighted by Gasteiger charge is -2.21. The molecule has 5 nitrogen and oxygen atoms in total. The number of hydrogen-bond acceptors (Lipinski definition) is 4. The van der Waals surface area contributed by atoms with E-state index in [1.807, 2.05) is 11.6 Å². The van der Waals surface area contributed by atoms with Crippen molar-refractivity contribution in [1.29, 1.82) is 0 Å². The van der Waals surface area contributed by atoms with Gasteiger partial charge in [-0.1, -0.05) is 18.5 Å². The van der Waals surface area contributed by atoms with Crippen LogP contribution in [0.5, 0.6) is 0 Å². The van der Waals surface area contributed by atoms with Crippen LogP contribution in [0.25, 0.3) is 0 Å². The van der Waals surface area contributed by atoms with Gasteiger partial charge in [0.25, 0.3) is 0 Å². The molecule has 1 aromatic rings. The van der Waals surface area contributed by atoms with E-state index < -0.39 is 0 Å². The van der Waals surface area contributed by atoms with E-state index in [0.717, 1.165) is 31.7 Å². The van der Waals surface area contributed by atoms with Crippen molar-refractivity contribution in [2.24, 2.45) is 0 Å². The zero-order valence-electron chi connectivity index (χ0n) is 13.0. The first-order chi connectivity index (χ1) is 9.60. The number of ether oxygens (including phenoxy) is 1. The fourth-order valence-electron chi connectivity index (χ4n) is 1.98. The van der Waals surface area contributed by atoms with Gasteiger partial charge in [-0.05, 0) is 34.0 Å². The van der Waals surface area contributed by atoms with Gasteiger partial charge < -0.3 is 15.0 Å². The highest BCUT2D eigenvalue weighted by Gasteiger charge is 2.20. The van der Waals surface area contributed by atoms with Crippen molar-refractivity contribution in [3.63, 3.8) is 0 Å². The van der Waals surface area contributed by atoms with Gasteiger partial charge in [0.2, 0.25) is 0 Å². The monoisotopic (exact) mass is 302 g/mol. The molecule has 0 saturated carbocycles. The highest BCUT2D eigenvalue weighted by Crippen LogP contribution is 2.23. The molecule has 0 spiro atoms. The maximum absolute atomic E-state index is 6.32. The average molecular weight is 303 g/mol. The van der Waals surface area contributed by atoms with E-state index in [1.54, 1.807) is 6.20 Å². The SMILES string of the molecule is CCCNC(COCC)c1c(Cl)cnn1CCN(C)C. The lowest BCUT2D eigenvalue weighted by Crippen LogP contribution is -2.30. The number of likely N-dealkylation sites (N-methyl/N-ethyl adjacent to an activating group) is 1. The summed E-state index contributed by atoms with van der Waals surface area (Å²) in [7, 11) is 4.11. The van der Waals surface area contributed by atoms with Crippen LogP contribution in [0, 0.1) is 0 Å². The Kier molecular flexibility index (Phi) is 8.14. The molecule has 0 aliphatic heterocycles. The number of nitrogens with zero attached hydrogens (tertiary/aromatic N) is 3. The molecule has 1 N–H and O–H groups in total. The fraction of sp³-hybridized carbons (Fsp3) is 0.786. The Morgan fingerprint density at radius 1 is 1.45 bits per heavy atom. The first-order valence-corrected chi connectivity index (χ1v) is 7.65. The maximum atomic E-state index is 6.32. The van der Waals surface area contributed by atoms with Crippen molar-refractivity contribution < 1.29 is 4.74 Å². The van der Waals surface area contributed by atoms with Gasteiger partial charge in [0, 0.05) is 13.2 Å². The minimum atomic E-state index is 0.0899. The van der Waals surface area contributed by atoms with Crippen molar-refractivity contribution in [3.8, 4) is 0 Å².